The Morgan fingerprint density at radius 3 is 2.79 bits per heavy atom. The highest BCUT2D eigenvalue weighted by Crippen LogP contribution is 2.22. The molecule has 1 aliphatic heterocycles. The first-order chi connectivity index (χ1) is 8.85. The zero-order chi connectivity index (χ0) is 14.0. The van der Waals surface area contributed by atoms with Gasteiger partial charge in [-0.25, -0.2) is 4.79 Å². The highest BCUT2D eigenvalue weighted by molar-refractivity contribution is 5.69. The van der Waals surface area contributed by atoms with E-state index < -0.39 is 5.60 Å². The Hall–Kier alpha value is -1.72. The van der Waals surface area contributed by atoms with Gasteiger partial charge in [0.25, 0.3) is 5.88 Å². The van der Waals surface area contributed by atoms with Gasteiger partial charge in [-0.05, 0) is 39.3 Å². The summed E-state index contributed by atoms with van der Waals surface area (Å²) in [6, 6.07) is 1.77. The standard InChI is InChI=1S/C13H20N2O4/c1-9-7-11(14-19-9)17-8-10-5-6-15(10)12(16)18-13(2,3)4/h7,10H,5-6,8H2,1-4H3/t10-/m0/s1. The van der Waals surface area contributed by atoms with Crippen LogP contribution < -0.4 is 4.74 Å². The number of likely N-dealkylation sites (tertiary alicyclic amines) is 1. The van der Waals surface area contributed by atoms with Gasteiger partial charge < -0.3 is 18.9 Å². The number of nitrogens with zero attached hydrogens (tertiary/aromatic N) is 2. The lowest BCUT2D eigenvalue weighted by molar-refractivity contribution is -0.0146. The van der Waals surface area contributed by atoms with Gasteiger partial charge in [0.2, 0.25) is 0 Å². The molecule has 1 atom stereocenters. The van der Waals surface area contributed by atoms with Crippen LogP contribution >= 0.6 is 0 Å². The number of carbonyl (C=O) groups is 1. The maximum absolute atomic E-state index is 11.9. The van der Waals surface area contributed by atoms with Crippen LogP contribution in [0.15, 0.2) is 10.6 Å². The predicted molar refractivity (Wildman–Crippen MR) is 68.1 cm³/mol. The molecule has 19 heavy (non-hydrogen) atoms. The average Bonchev–Trinajstić information content (AvgIpc) is 2.59. The Balaban J connectivity index is 1.80. The Labute approximate surface area is 112 Å². The van der Waals surface area contributed by atoms with Gasteiger partial charge in [0.05, 0.1) is 6.04 Å². The molecule has 0 bridgehead atoms. The van der Waals surface area contributed by atoms with Crippen LogP contribution in [0.5, 0.6) is 5.88 Å². The first-order valence-electron chi connectivity index (χ1n) is 6.41. The second-order valence-electron chi connectivity index (χ2n) is 5.70. The van der Waals surface area contributed by atoms with Crippen molar-refractivity contribution in [1.82, 2.24) is 10.1 Å². The lowest BCUT2D eigenvalue weighted by atomic mass is 10.1. The number of hydrogen-bond acceptors (Lipinski definition) is 5. The normalized spacial score (nSPS) is 18.9. The molecule has 1 aliphatic rings. The zero-order valence-corrected chi connectivity index (χ0v) is 11.8. The van der Waals surface area contributed by atoms with Crippen LogP contribution in [-0.4, -0.2) is 40.9 Å². The van der Waals surface area contributed by atoms with Crippen molar-refractivity contribution in [3.05, 3.63) is 11.8 Å². The first-order valence-corrected chi connectivity index (χ1v) is 6.41. The zero-order valence-electron chi connectivity index (χ0n) is 11.8. The Morgan fingerprint density at radius 2 is 2.32 bits per heavy atom. The van der Waals surface area contributed by atoms with E-state index in [-0.39, 0.29) is 12.1 Å². The lowest BCUT2D eigenvalue weighted by Gasteiger charge is -2.40. The van der Waals surface area contributed by atoms with Gasteiger partial charge in [0, 0.05) is 12.6 Å². The van der Waals surface area contributed by atoms with Crippen molar-refractivity contribution >= 4 is 6.09 Å². The summed E-state index contributed by atoms with van der Waals surface area (Å²) in [6.07, 6.45) is 0.625. The average molecular weight is 268 g/mol. The van der Waals surface area contributed by atoms with Crippen LogP contribution in [0.25, 0.3) is 0 Å². The lowest BCUT2D eigenvalue weighted by Crippen LogP contribution is -2.55. The molecule has 1 amide bonds. The van der Waals surface area contributed by atoms with Crippen LogP contribution in [0, 0.1) is 6.92 Å². The van der Waals surface area contributed by atoms with Crippen molar-refractivity contribution in [2.75, 3.05) is 13.2 Å². The van der Waals surface area contributed by atoms with Gasteiger partial charge in [-0.2, -0.15) is 0 Å². The Kier molecular flexibility index (Phi) is 3.68. The summed E-state index contributed by atoms with van der Waals surface area (Å²) >= 11 is 0. The highest BCUT2D eigenvalue weighted by Gasteiger charge is 2.35. The first kappa shape index (κ1) is 13.7. The minimum Gasteiger partial charge on any atom is -0.473 e. The SMILES string of the molecule is Cc1cc(OC[C@@H]2CCN2C(=O)OC(C)(C)C)no1. The fourth-order valence-corrected chi connectivity index (χ4v) is 1.77. The molecule has 106 valence electrons. The van der Waals surface area contributed by atoms with Crippen LogP contribution in [0.1, 0.15) is 33.0 Å². The van der Waals surface area contributed by atoms with Crippen molar-refractivity contribution in [1.29, 1.82) is 0 Å². The van der Waals surface area contributed by atoms with Crippen LogP contribution in [0.2, 0.25) is 0 Å². The summed E-state index contributed by atoms with van der Waals surface area (Å²) in [5.74, 6) is 1.15. The summed E-state index contributed by atoms with van der Waals surface area (Å²) in [6.45, 7) is 8.49. The molecule has 1 saturated heterocycles. The summed E-state index contributed by atoms with van der Waals surface area (Å²) in [7, 11) is 0. The predicted octanol–water partition coefficient (Wildman–Crippen LogP) is 2.37. The molecule has 6 nitrogen and oxygen atoms in total. The van der Waals surface area contributed by atoms with E-state index in [4.69, 9.17) is 14.0 Å². The second kappa shape index (κ2) is 5.11. The molecule has 2 heterocycles. The topological polar surface area (TPSA) is 64.8 Å². The van der Waals surface area contributed by atoms with Crippen LogP contribution in [0.3, 0.4) is 0 Å². The van der Waals surface area contributed by atoms with Crippen molar-refractivity contribution in [2.24, 2.45) is 0 Å². The molecule has 1 aromatic heterocycles. The van der Waals surface area contributed by atoms with Gasteiger partial charge in [-0.1, -0.05) is 0 Å². The van der Waals surface area contributed by atoms with Gasteiger partial charge in [0.15, 0.2) is 0 Å². The molecule has 0 spiro atoms. The third-order valence-corrected chi connectivity index (χ3v) is 2.80. The number of aryl methyl sites for hydroxylation is 1. The maximum atomic E-state index is 11.9. The quantitative estimate of drug-likeness (QED) is 0.842. The van der Waals surface area contributed by atoms with Gasteiger partial charge in [-0.3, -0.25) is 0 Å². The fraction of sp³-hybridized carbons (Fsp3) is 0.692. The number of rotatable bonds is 3. The summed E-state index contributed by atoms with van der Waals surface area (Å²) in [5, 5.41) is 3.74. The van der Waals surface area contributed by atoms with Crippen molar-refractivity contribution in [3.8, 4) is 5.88 Å². The van der Waals surface area contributed by atoms with E-state index in [1.165, 1.54) is 0 Å². The number of hydrogen-bond donors (Lipinski definition) is 0. The molecular weight excluding hydrogens is 248 g/mol. The van der Waals surface area contributed by atoms with Gasteiger partial charge in [0.1, 0.15) is 18.0 Å². The molecular formula is C13H20N2O4. The van der Waals surface area contributed by atoms with Crippen LogP contribution in [0.4, 0.5) is 4.79 Å². The van der Waals surface area contributed by atoms with E-state index in [0.717, 1.165) is 6.42 Å². The summed E-state index contributed by atoms with van der Waals surface area (Å²) < 4.78 is 15.7. The van der Waals surface area contributed by atoms with Crippen molar-refractivity contribution in [3.63, 3.8) is 0 Å². The number of ether oxygens (including phenoxy) is 2. The second-order valence-corrected chi connectivity index (χ2v) is 5.70. The highest BCUT2D eigenvalue weighted by atomic mass is 16.6. The molecule has 0 radical (unpaired) electrons. The fourth-order valence-electron chi connectivity index (χ4n) is 1.77. The van der Waals surface area contributed by atoms with E-state index in [1.807, 2.05) is 20.8 Å². The minimum atomic E-state index is -0.471. The van der Waals surface area contributed by atoms with Gasteiger partial charge >= 0.3 is 6.09 Å². The molecule has 0 unspecified atom stereocenters. The molecule has 0 N–H and O–H groups in total. The molecule has 0 aliphatic carbocycles. The molecule has 2 rings (SSSR count). The summed E-state index contributed by atoms with van der Waals surface area (Å²) in [4.78, 5) is 13.6. The smallest absolute Gasteiger partial charge is 0.410 e. The molecule has 0 saturated carbocycles. The Morgan fingerprint density at radius 1 is 1.58 bits per heavy atom. The molecule has 0 aromatic carbocycles. The minimum absolute atomic E-state index is 0.0480. The molecule has 6 heteroatoms. The van der Waals surface area contributed by atoms with Crippen LogP contribution in [-0.2, 0) is 4.74 Å². The Bertz CT molecular complexity index is 450. The maximum Gasteiger partial charge on any atom is 0.410 e. The largest absolute Gasteiger partial charge is 0.473 e. The van der Waals surface area contributed by atoms with E-state index in [2.05, 4.69) is 5.16 Å². The van der Waals surface area contributed by atoms with E-state index in [1.54, 1.807) is 17.9 Å². The number of aromatic nitrogens is 1. The third-order valence-electron chi connectivity index (χ3n) is 2.80. The van der Waals surface area contributed by atoms with E-state index >= 15 is 0 Å². The number of amides is 1. The van der Waals surface area contributed by atoms with Crippen molar-refractivity contribution in [2.45, 2.75) is 45.8 Å². The van der Waals surface area contributed by atoms with E-state index in [0.29, 0.717) is 24.8 Å². The van der Waals surface area contributed by atoms with Crippen molar-refractivity contribution < 1.29 is 18.8 Å². The third kappa shape index (κ3) is 3.62. The van der Waals surface area contributed by atoms with E-state index in [9.17, 15) is 4.79 Å². The number of carbonyl (C=O) groups excluding carboxylic acids is 1. The summed E-state index contributed by atoms with van der Waals surface area (Å²) in [5.41, 5.74) is -0.471. The van der Waals surface area contributed by atoms with Gasteiger partial charge in [-0.15, -0.1) is 0 Å². The molecule has 1 fully saturated rings. The molecule has 1 aromatic rings. The monoisotopic (exact) mass is 268 g/mol.